The van der Waals surface area contributed by atoms with E-state index in [1.807, 2.05) is 20.8 Å². The number of hydrogen-bond acceptors (Lipinski definition) is 9. The Labute approximate surface area is 226 Å². The Bertz CT molecular complexity index is 1140. The van der Waals surface area contributed by atoms with Gasteiger partial charge in [-0.2, -0.15) is 0 Å². The van der Waals surface area contributed by atoms with Gasteiger partial charge in [0, 0.05) is 19.5 Å². The van der Waals surface area contributed by atoms with Crippen molar-refractivity contribution >= 4 is 29.7 Å². The van der Waals surface area contributed by atoms with Gasteiger partial charge in [0.25, 0.3) is 11.8 Å². The first-order valence-corrected chi connectivity index (χ1v) is 13.2. The number of nitrogens with zero attached hydrogens (tertiary/aromatic N) is 2. The van der Waals surface area contributed by atoms with Crippen LogP contribution in [0.4, 0.5) is 4.79 Å². The first-order valence-electron chi connectivity index (χ1n) is 13.2. The zero-order valence-corrected chi connectivity index (χ0v) is 22.4. The number of nitrogens with one attached hydrogen (secondary N) is 1. The van der Waals surface area contributed by atoms with Crippen LogP contribution in [0.1, 0.15) is 78.8 Å². The molecule has 0 aliphatic carbocycles. The minimum Gasteiger partial charge on any atom is -0.444 e. The van der Waals surface area contributed by atoms with E-state index >= 15 is 0 Å². The molecule has 3 heterocycles. The van der Waals surface area contributed by atoms with Crippen molar-refractivity contribution in [2.24, 2.45) is 0 Å². The Morgan fingerprint density at radius 2 is 1.74 bits per heavy atom. The SMILES string of the molecule is CC(C)(C)OC(=O)N1CCC(OCCOCC(O)c2ccc3c(c2)C(=O)N(C2CCC(=O)NC2=O)C3=O)CC1. The lowest BCUT2D eigenvalue weighted by molar-refractivity contribution is -0.136. The molecule has 0 spiro atoms. The van der Waals surface area contributed by atoms with Crippen LogP contribution in [0.25, 0.3) is 0 Å². The van der Waals surface area contributed by atoms with Crippen LogP contribution >= 0.6 is 0 Å². The first kappa shape index (κ1) is 28.7. The van der Waals surface area contributed by atoms with Crippen LogP contribution in [0.5, 0.6) is 0 Å². The van der Waals surface area contributed by atoms with Crippen LogP contribution in [0.15, 0.2) is 18.2 Å². The quantitative estimate of drug-likeness (QED) is 0.366. The number of fused-ring (bicyclic) bond motifs is 1. The Balaban J connectivity index is 1.20. The van der Waals surface area contributed by atoms with Gasteiger partial charge in [-0.25, -0.2) is 4.79 Å². The second-order valence-corrected chi connectivity index (χ2v) is 10.9. The molecule has 0 bridgehead atoms. The number of hydrogen-bond donors (Lipinski definition) is 2. The molecule has 2 unspecified atom stereocenters. The number of rotatable bonds is 8. The number of carbonyl (C=O) groups excluding carboxylic acids is 5. The van der Waals surface area contributed by atoms with E-state index in [0.717, 1.165) is 4.90 Å². The van der Waals surface area contributed by atoms with Crippen LogP contribution in [0, 0.1) is 0 Å². The highest BCUT2D eigenvalue weighted by Crippen LogP contribution is 2.30. The average Bonchev–Trinajstić information content (AvgIpc) is 3.12. The van der Waals surface area contributed by atoms with E-state index in [1.54, 1.807) is 11.0 Å². The summed E-state index contributed by atoms with van der Waals surface area (Å²) in [6.45, 7) is 7.13. The summed E-state index contributed by atoms with van der Waals surface area (Å²) in [7, 11) is 0. The Morgan fingerprint density at radius 3 is 2.41 bits per heavy atom. The number of benzene rings is 1. The fraction of sp³-hybridized carbons (Fsp3) is 0.593. The second-order valence-electron chi connectivity index (χ2n) is 10.9. The molecule has 39 heavy (non-hydrogen) atoms. The van der Waals surface area contributed by atoms with Crippen molar-refractivity contribution in [2.45, 2.75) is 70.3 Å². The number of aliphatic hydroxyl groups is 1. The molecule has 12 nitrogen and oxygen atoms in total. The third-order valence-electron chi connectivity index (χ3n) is 6.80. The van der Waals surface area contributed by atoms with Gasteiger partial charge in [0.1, 0.15) is 17.7 Å². The molecule has 0 radical (unpaired) electrons. The number of carbonyl (C=O) groups is 5. The van der Waals surface area contributed by atoms with Gasteiger partial charge in [0.15, 0.2) is 0 Å². The predicted molar refractivity (Wildman–Crippen MR) is 136 cm³/mol. The molecule has 0 saturated carbocycles. The lowest BCUT2D eigenvalue weighted by Crippen LogP contribution is -2.54. The maximum atomic E-state index is 13.0. The topological polar surface area (TPSA) is 152 Å². The molecule has 2 fully saturated rings. The first-order chi connectivity index (χ1) is 18.4. The standard InChI is InChI=1S/C27H35N3O9/c1-27(2,3)39-26(36)29-10-8-17(9-11-29)38-13-12-37-15-21(31)16-4-5-18-19(14-16)25(35)30(24(18)34)20-6-7-22(32)28-23(20)33/h4-5,14,17,20-21,31H,6-13,15H2,1-3H3,(H,28,32,33). The van der Waals surface area contributed by atoms with E-state index in [0.29, 0.717) is 38.1 Å². The van der Waals surface area contributed by atoms with E-state index in [9.17, 15) is 29.1 Å². The molecule has 2 saturated heterocycles. The van der Waals surface area contributed by atoms with Gasteiger partial charge in [-0.05, 0) is 57.7 Å². The van der Waals surface area contributed by atoms with Gasteiger partial charge >= 0.3 is 6.09 Å². The van der Waals surface area contributed by atoms with Crippen molar-refractivity contribution in [1.82, 2.24) is 15.1 Å². The van der Waals surface area contributed by atoms with E-state index < -0.39 is 41.4 Å². The predicted octanol–water partition coefficient (Wildman–Crippen LogP) is 1.55. The summed E-state index contributed by atoms with van der Waals surface area (Å²) in [5.74, 6) is -2.35. The molecule has 12 heteroatoms. The normalized spacial score (nSPS) is 21.2. The summed E-state index contributed by atoms with van der Waals surface area (Å²) in [5.41, 5.74) is 0.111. The van der Waals surface area contributed by atoms with Crippen molar-refractivity contribution < 1.29 is 43.3 Å². The summed E-state index contributed by atoms with van der Waals surface area (Å²) < 4.78 is 16.8. The van der Waals surface area contributed by atoms with Crippen LogP contribution in [0.2, 0.25) is 0 Å². The smallest absolute Gasteiger partial charge is 0.410 e. The van der Waals surface area contributed by atoms with Crippen molar-refractivity contribution in [3.05, 3.63) is 34.9 Å². The van der Waals surface area contributed by atoms with Crippen molar-refractivity contribution in [1.29, 1.82) is 0 Å². The zero-order chi connectivity index (χ0) is 28.3. The fourth-order valence-corrected chi connectivity index (χ4v) is 4.79. The summed E-state index contributed by atoms with van der Waals surface area (Å²) in [6, 6.07) is 3.38. The van der Waals surface area contributed by atoms with Gasteiger partial charge in [0.2, 0.25) is 11.8 Å². The molecule has 3 aliphatic heterocycles. The van der Waals surface area contributed by atoms with E-state index in [2.05, 4.69) is 5.32 Å². The van der Waals surface area contributed by atoms with E-state index in [4.69, 9.17) is 14.2 Å². The Hall–Kier alpha value is -3.35. The molecule has 4 rings (SSSR count). The molecular weight excluding hydrogens is 510 g/mol. The molecule has 1 aromatic carbocycles. The maximum absolute atomic E-state index is 13.0. The second kappa shape index (κ2) is 11.8. The molecule has 0 aromatic heterocycles. The number of aliphatic hydroxyl groups excluding tert-OH is 1. The van der Waals surface area contributed by atoms with E-state index in [1.165, 1.54) is 12.1 Å². The minimum absolute atomic E-state index is 0.00443. The third kappa shape index (κ3) is 6.81. The van der Waals surface area contributed by atoms with Gasteiger partial charge in [-0.3, -0.25) is 29.4 Å². The summed E-state index contributed by atoms with van der Waals surface area (Å²) in [5, 5.41) is 12.7. The largest absolute Gasteiger partial charge is 0.444 e. The number of likely N-dealkylation sites (tertiary alicyclic amines) is 1. The van der Waals surface area contributed by atoms with Crippen molar-refractivity contribution in [3.63, 3.8) is 0 Å². The third-order valence-corrected chi connectivity index (χ3v) is 6.80. The summed E-state index contributed by atoms with van der Waals surface area (Å²) in [4.78, 5) is 64.1. The van der Waals surface area contributed by atoms with Gasteiger partial charge in [0.05, 0.1) is 37.1 Å². The van der Waals surface area contributed by atoms with Crippen LogP contribution < -0.4 is 5.32 Å². The zero-order valence-electron chi connectivity index (χ0n) is 22.4. The monoisotopic (exact) mass is 545 g/mol. The number of ether oxygens (including phenoxy) is 3. The van der Waals surface area contributed by atoms with Gasteiger partial charge in [-0.1, -0.05) is 6.07 Å². The average molecular weight is 546 g/mol. The minimum atomic E-state index is -1.05. The van der Waals surface area contributed by atoms with Crippen LogP contribution in [0.3, 0.4) is 0 Å². The number of imide groups is 2. The van der Waals surface area contributed by atoms with Crippen molar-refractivity contribution in [3.8, 4) is 0 Å². The molecule has 1 aromatic rings. The molecule has 5 amide bonds. The van der Waals surface area contributed by atoms with Crippen LogP contribution in [-0.2, 0) is 23.8 Å². The lowest BCUT2D eigenvalue weighted by atomic mass is 10.0. The Kier molecular flexibility index (Phi) is 8.67. The highest BCUT2D eigenvalue weighted by atomic mass is 16.6. The Morgan fingerprint density at radius 1 is 1.05 bits per heavy atom. The summed E-state index contributed by atoms with van der Waals surface area (Å²) in [6.07, 6.45) is 0.146. The molecule has 212 valence electrons. The highest BCUT2D eigenvalue weighted by molar-refractivity contribution is 6.23. The highest BCUT2D eigenvalue weighted by Gasteiger charge is 2.44. The lowest BCUT2D eigenvalue weighted by Gasteiger charge is -2.33. The fourth-order valence-electron chi connectivity index (χ4n) is 4.79. The van der Waals surface area contributed by atoms with Gasteiger partial charge < -0.3 is 24.2 Å². The number of amides is 5. The maximum Gasteiger partial charge on any atom is 0.410 e. The van der Waals surface area contributed by atoms with Crippen LogP contribution in [-0.4, -0.2) is 95.3 Å². The number of piperidine rings is 2. The van der Waals surface area contributed by atoms with Gasteiger partial charge in [-0.15, -0.1) is 0 Å². The molecular formula is C27H35N3O9. The molecule has 2 atom stereocenters. The molecule has 2 N–H and O–H groups in total. The molecule has 3 aliphatic rings. The van der Waals surface area contributed by atoms with Crippen molar-refractivity contribution in [2.75, 3.05) is 32.9 Å². The summed E-state index contributed by atoms with van der Waals surface area (Å²) >= 11 is 0. The van der Waals surface area contributed by atoms with E-state index in [-0.39, 0.29) is 49.4 Å².